The monoisotopic (exact) mass is 352 g/mol. The Balaban J connectivity index is 2.65. The number of unbranched alkanes of at least 4 members (excludes halogenated alkanes) is 2. The van der Waals surface area contributed by atoms with Gasteiger partial charge in [0, 0.05) is 16.5 Å². The zero-order chi connectivity index (χ0) is 15.7. The average molecular weight is 353 g/mol. The first-order valence-corrected chi connectivity index (χ1v) is 7.39. The van der Waals surface area contributed by atoms with Crippen LogP contribution in [0.4, 0.5) is 0 Å². The second-order valence-electron chi connectivity index (χ2n) is 4.46. The van der Waals surface area contributed by atoms with Gasteiger partial charge in [0.1, 0.15) is 6.04 Å². The number of rotatable bonds is 7. The van der Waals surface area contributed by atoms with Gasteiger partial charge in [0.15, 0.2) is 0 Å². The largest absolute Gasteiger partial charge is 0.467 e. The molecule has 1 aromatic rings. The highest BCUT2D eigenvalue weighted by atomic mass is 79.9. The van der Waals surface area contributed by atoms with E-state index in [1.165, 1.54) is 7.11 Å². The van der Waals surface area contributed by atoms with Crippen LogP contribution < -0.4 is 5.32 Å². The molecular weight excluding hydrogens is 336 g/mol. The Morgan fingerprint density at radius 1 is 1.43 bits per heavy atom. The summed E-state index contributed by atoms with van der Waals surface area (Å²) < 4.78 is 5.49. The number of ether oxygens (including phenoxy) is 1. The summed E-state index contributed by atoms with van der Waals surface area (Å²) >= 11 is 3.30. The summed E-state index contributed by atoms with van der Waals surface area (Å²) in [5.74, 6) is -0.803. The first-order chi connectivity index (χ1) is 10.1. The van der Waals surface area contributed by atoms with Gasteiger partial charge in [-0.15, -0.1) is 0 Å². The first-order valence-electron chi connectivity index (χ1n) is 6.59. The lowest BCUT2D eigenvalue weighted by Crippen LogP contribution is -2.41. The van der Waals surface area contributed by atoms with Gasteiger partial charge in [-0.2, -0.15) is 5.26 Å². The van der Waals surface area contributed by atoms with Crippen molar-refractivity contribution in [3.63, 3.8) is 0 Å². The van der Waals surface area contributed by atoms with Crippen molar-refractivity contribution in [1.82, 2.24) is 5.32 Å². The van der Waals surface area contributed by atoms with Crippen LogP contribution in [0, 0.1) is 11.3 Å². The number of nitriles is 1. The zero-order valence-corrected chi connectivity index (χ0v) is 13.4. The zero-order valence-electron chi connectivity index (χ0n) is 11.8. The molecule has 1 rings (SSSR count). The Bertz CT molecular complexity index is 540. The molecule has 1 atom stereocenters. The molecule has 0 fully saturated rings. The minimum atomic E-state index is -0.694. The molecule has 112 valence electrons. The molecule has 21 heavy (non-hydrogen) atoms. The molecule has 1 aromatic carbocycles. The molecule has 6 heteroatoms. The van der Waals surface area contributed by atoms with Gasteiger partial charge in [0.25, 0.3) is 5.91 Å². The highest BCUT2D eigenvalue weighted by molar-refractivity contribution is 9.10. The molecule has 1 N–H and O–H groups in total. The summed E-state index contributed by atoms with van der Waals surface area (Å²) in [5, 5.41) is 11.2. The fourth-order valence-electron chi connectivity index (χ4n) is 1.82. The molecule has 0 unspecified atom stereocenters. The molecular formula is C15H17BrN2O3. The fourth-order valence-corrected chi connectivity index (χ4v) is 2.21. The van der Waals surface area contributed by atoms with Gasteiger partial charge in [-0.25, -0.2) is 4.79 Å². The van der Waals surface area contributed by atoms with Crippen LogP contribution in [0.5, 0.6) is 0 Å². The third-order valence-corrected chi connectivity index (χ3v) is 3.40. The molecule has 0 radical (unpaired) electrons. The smallest absolute Gasteiger partial charge is 0.328 e. The van der Waals surface area contributed by atoms with Crippen molar-refractivity contribution in [2.75, 3.05) is 7.11 Å². The van der Waals surface area contributed by atoms with Gasteiger partial charge in [-0.1, -0.05) is 22.0 Å². The number of esters is 1. The van der Waals surface area contributed by atoms with Crippen molar-refractivity contribution in [3.8, 4) is 6.07 Å². The molecule has 1 amide bonds. The molecule has 0 aliphatic carbocycles. The van der Waals surface area contributed by atoms with Crippen LogP contribution in [0.25, 0.3) is 0 Å². The maximum absolute atomic E-state index is 12.1. The highest BCUT2D eigenvalue weighted by Gasteiger charge is 2.21. The first kappa shape index (κ1) is 17.2. The number of carbonyl (C=O) groups is 2. The molecule has 5 nitrogen and oxygen atoms in total. The Kier molecular flexibility index (Phi) is 7.48. The van der Waals surface area contributed by atoms with Gasteiger partial charge in [0.05, 0.1) is 13.2 Å². The third-order valence-electron chi connectivity index (χ3n) is 2.91. The summed E-state index contributed by atoms with van der Waals surface area (Å²) in [6, 6.07) is 8.27. The highest BCUT2D eigenvalue weighted by Crippen LogP contribution is 2.12. The normalized spacial score (nSPS) is 11.3. The SMILES string of the molecule is COC(=O)[C@@H](CCCCC#N)NC(=O)c1cccc(Br)c1. The maximum atomic E-state index is 12.1. The third kappa shape index (κ3) is 5.96. The number of hydrogen-bond donors (Lipinski definition) is 1. The van der Waals surface area contributed by atoms with Crippen LogP contribution in [0.3, 0.4) is 0 Å². The van der Waals surface area contributed by atoms with Crippen molar-refractivity contribution in [2.24, 2.45) is 0 Å². The topological polar surface area (TPSA) is 79.2 Å². The lowest BCUT2D eigenvalue weighted by Gasteiger charge is -2.16. The quantitative estimate of drug-likeness (QED) is 0.604. The van der Waals surface area contributed by atoms with E-state index in [9.17, 15) is 9.59 Å². The average Bonchev–Trinajstić information content (AvgIpc) is 2.49. The second-order valence-corrected chi connectivity index (χ2v) is 5.38. The number of benzene rings is 1. The maximum Gasteiger partial charge on any atom is 0.328 e. The lowest BCUT2D eigenvalue weighted by atomic mass is 10.1. The standard InChI is InChI=1S/C15H17BrN2O3/c1-21-15(20)13(8-3-2-4-9-17)18-14(19)11-6-5-7-12(16)10-11/h5-7,10,13H,2-4,8H2,1H3,(H,18,19)/t13-/m1/s1. The number of methoxy groups -OCH3 is 1. The van der Waals surface area contributed by atoms with Crippen molar-refractivity contribution in [2.45, 2.75) is 31.7 Å². The Hall–Kier alpha value is -1.87. The van der Waals surface area contributed by atoms with Crippen LogP contribution in [0.1, 0.15) is 36.0 Å². The second kappa shape index (κ2) is 9.14. The molecule has 0 saturated heterocycles. The van der Waals surface area contributed by atoms with E-state index in [1.54, 1.807) is 18.2 Å². The lowest BCUT2D eigenvalue weighted by molar-refractivity contribution is -0.143. The number of carbonyl (C=O) groups excluding carboxylic acids is 2. The van der Waals surface area contributed by atoms with E-state index in [1.807, 2.05) is 12.1 Å². The van der Waals surface area contributed by atoms with Crippen LogP contribution in [-0.4, -0.2) is 25.0 Å². The van der Waals surface area contributed by atoms with Crippen molar-refractivity contribution >= 4 is 27.8 Å². The number of halogens is 1. The molecule has 0 aliphatic heterocycles. The summed E-state index contributed by atoms with van der Waals surface area (Å²) in [5.41, 5.74) is 0.468. The van der Waals surface area contributed by atoms with E-state index in [2.05, 4.69) is 21.2 Å². The van der Waals surface area contributed by atoms with Gasteiger partial charge >= 0.3 is 5.97 Å². The number of hydrogen-bond acceptors (Lipinski definition) is 4. The minimum absolute atomic E-state index is 0.327. The van der Waals surface area contributed by atoms with E-state index in [0.717, 1.165) is 4.47 Å². The Morgan fingerprint density at radius 3 is 2.81 bits per heavy atom. The van der Waals surface area contributed by atoms with Gasteiger partial charge in [-0.05, 0) is 37.5 Å². The van der Waals surface area contributed by atoms with Crippen LogP contribution in [-0.2, 0) is 9.53 Å². The van der Waals surface area contributed by atoms with Crippen LogP contribution in [0.2, 0.25) is 0 Å². The van der Waals surface area contributed by atoms with Gasteiger partial charge in [-0.3, -0.25) is 4.79 Å². The fraction of sp³-hybridized carbons (Fsp3) is 0.400. The number of nitrogens with zero attached hydrogens (tertiary/aromatic N) is 1. The molecule has 0 saturated carbocycles. The van der Waals surface area contributed by atoms with Gasteiger partial charge in [0.2, 0.25) is 0 Å². The number of nitrogens with one attached hydrogen (secondary N) is 1. The van der Waals surface area contributed by atoms with E-state index in [-0.39, 0.29) is 5.91 Å². The van der Waals surface area contributed by atoms with E-state index in [4.69, 9.17) is 10.00 Å². The van der Waals surface area contributed by atoms with E-state index >= 15 is 0 Å². The Labute approximate surface area is 132 Å². The molecule has 0 aromatic heterocycles. The summed E-state index contributed by atoms with van der Waals surface area (Å²) in [7, 11) is 1.29. The molecule has 0 spiro atoms. The summed E-state index contributed by atoms with van der Waals surface area (Å²) in [6.45, 7) is 0. The van der Waals surface area contributed by atoms with E-state index in [0.29, 0.717) is 31.2 Å². The predicted molar refractivity (Wildman–Crippen MR) is 81.5 cm³/mol. The van der Waals surface area contributed by atoms with Crippen LogP contribution in [0.15, 0.2) is 28.7 Å². The number of amides is 1. The Morgan fingerprint density at radius 2 is 2.19 bits per heavy atom. The van der Waals surface area contributed by atoms with E-state index < -0.39 is 12.0 Å². The van der Waals surface area contributed by atoms with Crippen molar-refractivity contribution in [3.05, 3.63) is 34.3 Å². The van der Waals surface area contributed by atoms with Crippen LogP contribution >= 0.6 is 15.9 Å². The molecule has 0 bridgehead atoms. The molecule has 0 aliphatic rings. The summed E-state index contributed by atoms with van der Waals surface area (Å²) in [6.07, 6.45) is 2.25. The molecule has 0 heterocycles. The predicted octanol–water partition coefficient (Wildman–Crippen LogP) is 2.80. The van der Waals surface area contributed by atoms with Crippen molar-refractivity contribution < 1.29 is 14.3 Å². The summed E-state index contributed by atoms with van der Waals surface area (Å²) in [4.78, 5) is 23.8. The van der Waals surface area contributed by atoms with Crippen molar-refractivity contribution in [1.29, 1.82) is 5.26 Å². The minimum Gasteiger partial charge on any atom is -0.467 e. The van der Waals surface area contributed by atoms with Gasteiger partial charge < -0.3 is 10.1 Å².